The molecule has 2 heterocycles. The maximum Gasteiger partial charge on any atom is 0.153 e. The van der Waals surface area contributed by atoms with Gasteiger partial charge in [0, 0.05) is 37.7 Å². The van der Waals surface area contributed by atoms with Gasteiger partial charge in [-0.3, -0.25) is 4.90 Å². The fourth-order valence-electron chi connectivity index (χ4n) is 2.98. The van der Waals surface area contributed by atoms with Crippen LogP contribution in [0.2, 0.25) is 0 Å². The SMILES string of the molecule is COCc1ncc(CN2CCC[C@H]2c2ccc(F)cc2)cn1. The van der Waals surface area contributed by atoms with Gasteiger partial charge in [0.25, 0.3) is 0 Å². The average molecular weight is 301 g/mol. The maximum atomic E-state index is 13.1. The Morgan fingerprint density at radius 2 is 1.95 bits per heavy atom. The van der Waals surface area contributed by atoms with E-state index in [1.165, 1.54) is 17.7 Å². The number of hydrogen-bond acceptors (Lipinski definition) is 4. The van der Waals surface area contributed by atoms with Crippen LogP contribution >= 0.6 is 0 Å². The highest BCUT2D eigenvalue weighted by molar-refractivity contribution is 5.21. The van der Waals surface area contributed by atoms with Crippen LogP contribution in [0.15, 0.2) is 36.7 Å². The summed E-state index contributed by atoms with van der Waals surface area (Å²) < 4.78 is 18.1. The first-order chi connectivity index (χ1) is 10.8. The third-order valence-corrected chi connectivity index (χ3v) is 4.04. The number of rotatable bonds is 5. The standard InChI is InChI=1S/C17H20FN3O/c1-22-12-17-19-9-13(10-20-17)11-21-8-2-3-16(21)14-4-6-15(18)7-5-14/h4-7,9-10,16H,2-3,8,11-12H2,1H3/t16-/m0/s1. The molecule has 22 heavy (non-hydrogen) atoms. The molecule has 116 valence electrons. The molecule has 1 aliphatic heterocycles. The number of aromatic nitrogens is 2. The summed E-state index contributed by atoms with van der Waals surface area (Å²) in [7, 11) is 1.63. The Hall–Kier alpha value is -1.85. The number of hydrogen-bond donors (Lipinski definition) is 0. The molecule has 2 aromatic rings. The monoisotopic (exact) mass is 301 g/mol. The zero-order valence-electron chi connectivity index (χ0n) is 12.7. The van der Waals surface area contributed by atoms with Gasteiger partial charge in [-0.05, 0) is 37.1 Å². The lowest BCUT2D eigenvalue weighted by molar-refractivity contribution is 0.177. The fourth-order valence-corrected chi connectivity index (χ4v) is 2.98. The number of methoxy groups -OCH3 is 1. The predicted octanol–water partition coefficient (Wildman–Crippen LogP) is 3.10. The summed E-state index contributed by atoms with van der Waals surface area (Å²) in [6.45, 7) is 2.29. The molecule has 0 unspecified atom stereocenters. The number of halogens is 1. The molecule has 1 saturated heterocycles. The number of ether oxygens (including phenoxy) is 1. The van der Waals surface area contributed by atoms with E-state index in [0.29, 0.717) is 18.5 Å². The van der Waals surface area contributed by atoms with Crippen LogP contribution in [0.3, 0.4) is 0 Å². The number of nitrogens with zero attached hydrogens (tertiary/aromatic N) is 3. The van der Waals surface area contributed by atoms with Crippen LogP contribution in [0.1, 0.15) is 35.8 Å². The summed E-state index contributed by atoms with van der Waals surface area (Å²) in [5.41, 5.74) is 2.27. The van der Waals surface area contributed by atoms with E-state index in [-0.39, 0.29) is 5.82 Å². The largest absolute Gasteiger partial charge is 0.377 e. The molecule has 0 bridgehead atoms. The van der Waals surface area contributed by atoms with E-state index < -0.39 is 0 Å². The molecule has 0 saturated carbocycles. The Kier molecular flexibility index (Phi) is 4.75. The molecule has 4 nitrogen and oxygen atoms in total. The van der Waals surface area contributed by atoms with Crippen molar-refractivity contribution in [2.45, 2.75) is 32.0 Å². The quantitative estimate of drug-likeness (QED) is 0.850. The molecule has 0 aliphatic carbocycles. The Balaban J connectivity index is 1.69. The van der Waals surface area contributed by atoms with Crippen molar-refractivity contribution in [2.24, 2.45) is 0 Å². The lowest BCUT2D eigenvalue weighted by Gasteiger charge is -2.24. The van der Waals surface area contributed by atoms with Crippen LogP contribution in [0.5, 0.6) is 0 Å². The van der Waals surface area contributed by atoms with Gasteiger partial charge in [0.2, 0.25) is 0 Å². The maximum absolute atomic E-state index is 13.1. The molecule has 3 rings (SSSR count). The van der Waals surface area contributed by atoms with E-state index in [0.717, 1.165) is 31.5 Å². The highest BCUT2D eigenvalue weighted by Gasteiger charge is 2.26. The van der Waals surface area contributed by atoms with Crippen molar-refractivity contribution in [1.82, 2.24) is 14.9 Å². The Labute approximate surface area is 130 Å². The molecule has 1 atom stereocenters. The van der Waals surface area contributed by atoms with Crippen molar-refractivity contribution in [1.29, 1.82) is 0 Å². The third kappa shape index (κ3) is 3.48. The zero-order valence-corrected chi connectivity index (χ0v) is 12.7. The van der Waals surface area contributed by atoms with Gasteiger partial charge < -0.3 is 4.74 Å². The summed E-state index contributed by atoms with van der Waals surface area (Å²) in [4.78, 5) is 11.0. The fraction of sp³-hybridized carbons (Fsp3) is 0.412. The minimum Gasteiger partial charge on any atom is -0.377 e. The van der Waals surface area contributed by atoms with E-state index in [1.807, 2.05) is 24.5 Å². The number of likely N-dealkylation sites (tertiary alicyclic amines) is 1. The Morgan fingerprint density at radius 3 is 2.64 bits per heavy atom. The average Bonchev–Trinajstić information content (AvgIpc) is 2.98. The van der Waals surface area contributed by atoms with Gasteiger partial charge in [-0.25, -0.2) is 14.4 Å². The van der Waals surface area contributed by atoms with E-state index in [9.17, 15) is 4.39 Å². The molecule has 0 amide bonds. The summed E-state index contributed by atoms with van der Waals surface area (Å²) in [6, 6.07) is 7.19. The zero-order chi connectivity index (χ0) is 15.4. The molecule has 0 radical (unpaired) electrons. The first-order valence-electron chi connectivity index (χ1n) is 7.54. The lowest BCUT2D eigenvalue weighted by Crippen LogP contribution is -2.23. The van der Waals surface area contributed by atoms with Gasteiger partial charge in [-0.2, -0.15) is 0 Å². The highest BCUT2D eigenvalue weighted by atomic mass is 19.1. The second kappa shape index (κ2) is 6.94. The van der Waals surface area contributed by atoms with Crippen molar-refractivity contribution >= 4 is 0 Å². The molecule has 0 spiro atoms. The van der Waals surface area contributed by atoms with Gasteiger partial charge >= 0.3 is 0 Å². The van der Waals surface area contributed by atoms with Crippen molar-refractivity contribution in [2.75, 3.05) is 13.7 Å². The minimum atomic E-state index is -0.185. The normalized spacial score (nSPS) is 18.7. The minimum absolute atomic E-state index is 0.185. The van der Waals surface area contributed by atoms with Crippen LogP contribution < -0.4 is 0 Å². The van der Waals surface area contributed by atoms with Crippen LogP contribution in [0.25, 0.3) is 0 Å². The molecule has 5 heteroatoms. The van der Waals surface area contributed by atoms with E-state index >= 15 is 0 Å². The molecule has 1 aromatic heterocycles. The van der Waals surface area contributed by atoms with Gasteiger partial charge in [0.1, 0.15) is 12.4 Å². The van der Waals surface area contributed by atoms with Crippen LogP contribution in [-0.2, 0) is 17.9 Å². The summed E-state index contributed by atoms with van der Waals surface area (Å²) in [6.07, 6.45) is 5.99. The van der Waals surface area contributed by atoms with Crippen LogP contribution in [0, 0.1) is 5.82 Å². The van der Waals surface area contributed by atoms with Crippen molar-refractivity contribution in [3.63, 3.8) is 0 Å². The Morgan fingerprint density at radius 1 is 1.23 bits per heavy atom. The second-order valence-electron chi connectivity index (χ2n) is 5.62. The molecular weight excluding hydrogens is 281 g/mol. The summed E-state index contributed by atoms with van der Waals surface area (Å²) >= 11 is 0. The van der Waals surface area contributed by atoms with Gasteiger partial charge in [-0.1, -0.05) is 12.1 Å². The van der Waals surface area contributed by atoms with Gasteiger partial charge in [0.05, 0.1) is 0 Å². The molecular formula is C17H20FN3O. The topological polar surface area (TPSA) is 38.2 Å². The molecule has 1 aliphatic rings. The lowest BCUT2D eigenvalue weighted by atomic mass is 10.0. The van der Waals surface area contributed by atoms with Crippen molar-refractivity contribution in [3.05, 3.63) is 59.4 Å². The second-order valence-corrected chi connectivity index (χ2v) is 5.62. The summed E-state index contributed by atoms with van der Waals surface area (Å²) in [5, 5.41) is 0. The Bertz CT molecular complexity index is 600. The van der Waals surface area contributed by atoms with Gasteiger partial charge in [0.15, 0.2) is 5.82 Å². The third-order valence-electron chi connectivity index (χ3n) is 4.04. The smallest absolute Gasteiger partial charge is 0.153 e. The predicted molar refractivity (Wildman–Crippen MR) is 81.5 cm³/mol. The number of benzene rings is 1. The first-order valence-corrected chi connectivity index (χ1v) is 7.54. The molecule has 0 N–H and O–H groups in total. The van der Waals surface area contributed by atoms with Crippen LogP contribution in [0.4, 0.5) is 4.39 Å². The van der Waals surface area contributed by atoms with Crippen molar-refractivity contribution < 1.29 is 9.13 Å². The van der Waals surface area contributed by atoms with E-state index in [1.54, 1.807) is 7.11 Å². The highest BCUT2D eigenvalue weighted by Crippen LogP contribution is 2.32. The molecule has 1 aromatic carbocycles. The summed E-state index contributed by atoms with van der Waals surface area (Å²) in [5.74, 6) is 0.512. The van der Waals surface area contributed by atoms with Gasteiger partial charge in [-0.15, -0.1) is 0 Å². The van der Waals surface area contributed by atoms with E-state index in [4.69, 9.17) is 4.74 Å². The van der Waals surface area contributed by atoms with Crippen LogP contribution in [-0.4, -0.2) is 28.5 Å². The first kappa shape index (κ1) is 15.1. The van der Waals surface area contributed by atoms with E-state index in [2.05, 4.69) is 14.9 Å². The van der Waals surface area contributed by atoms with Crippen molar-refractivity contribution in [3.8, 4) is 0 Å². The molecule has 1 fully saturated rings.